The first-order chi connectivity index (χ1) is 15.0. The fraction of sp³-hybridized carbons (Fsp3) is 0.417. The Balaban J connectivity index is 1.32. The Morgan fingerprint density at radius 1 is 1.00 bits per heavy atom. The van der Waals surface area contributed by atoms with E-state index in [0.717, 1.165) is 55.3 Å². The van der Waals surface area contributed by atoms with Crippen molar-refractivity contribution in [3.05, 3.63) is 58.6 Å². The van der Waals surface area contributed by atoms with Crippen molar-refractivity contribution >= 4 is 34.8 Å². The molecule has 7 heteroatoms. The molecule has 0 aliphatic carbocycles. The molecule has 2 fully saturated rings. The van der Waals surface area contributed by atoms with Crippen molar-refractivity contribution in [3.63, 3.8) is 0 Å². The van der Waals surface area contributed by atoms with Crippen molar-refractivity contribution in [2.75, 3.05) is 49.6 Å². The molecule has 162 valence electrons. The molecule has 6 nitrogen and oxygen atoms in total. The van der Waals surface area contributed by atoms with Gasteiger partial charge in [0.25, 0.3) is 11.8 Å². The SMILES string of the molecule is CN1c2cc(C(=O)N3CCN(c4cccc(Cl)c4)CC3)ccc2C(=O)N2CCCCC21. The standard InChI is InChI=1S/C24H27ClN4O2/c1-26-21-15-17(8-9-20(21)24(31)29-10-3-2-7-22(26)29)23(30)28-13-11-27(12-14-28)19-6-4-5-18(25)16-19/h4-6,8-9,15-16,22H,2-3,7,10-14H2,1H3. The van der Waals surface area contributed by atoms with E-state index in [2.05, 4.69) is 9.80 Å². The van der Waals surface area contributed by atoms with E-state index in [0.29, 0.717) is 24.2 Å². The summed E-state index contributed by atoms with van der Waals surface area (Å²) in [6, 6.07) is 13.4. The van der Waals surface area contributed by atoms with Crippen molar-refractivity contribution in [1.29, 1.82) is 0 Å². The molecule has 1 atom stereocenters. The molecule has 5 rings (SSSR count). The number of carbonyl (C=O) groups excluding carboxylic acids is 2. The Bertz CT molecular complexity index is 1020. The van der Waals surface area contributed by atoms with E-state index in [-0.39, 0.29) is 18.0 Å². The zero-order valence-corrected chi connectivity index (χ0v) is 18.5. The fourth-order valence-electron chi connectivity index (χ4n) is 5.03. The third kappa shape index (κ3) is 3.63. The number of piperazine rings is 1. The van der Waals surface area contributed by atoms with Crippen LogP contribution in [0.4, 0.5) is 11.4 Å². The zero-order valence-electron chi connectivity index (χ0n) is 17.8. The maximum atomic E-state index is 13.2. The summed E-state index contributed by atoms with van der Waals surface area (Å²) in [7, 11) is 2.03. The third-order valence-electron chi connectivity index (χ3n) is 6.77. The van der Waals surface area contributed by atoms with Gasteiger partial charge in [0.1, 0.15) is 6.17 Å². The molecule has 31 heavy (non-hydrogen) atoms. The summed E-state index contributed by atoms with van der Waals surface area (Å²) in [6.45, 7) is 3.67. The van der Waals surface area contributed by atoms with Gasteiger partial charge in [-0.3, -0.25) is 9.59 Å². The Hall–Kier alpha value is -2.73. The number of fused-ring (bicyclic) bond motifs is 2. The largest absolute Gasteiger partial charge is 0.368 e. The van der Waals surface area contributed by atoms with Gasteiger partial charge in [0.2, 0.25) is 0 Å². The van der Waals surface area contributed by atoms with Gasteiger partial charge in [-0.1, -0.05) is 17.7 Å². The Kier molecular flexibility index (Phi) is 5.26. The molecule has 0 spiro atoms. The lowest BCUT2D eigenvalue weighted by molar-refractivity contribution is 0.0588. The van der Waals surface area contributed by atoms with Crippen LogP contribution in [0, 0.1) is 0 Å². The lowest BCUT2D eigenvalue weighted by Gasteiger charge is -2.46. The summed E-state index contributed by atoms with van der Waals surface area (Å²) in [5.41, 5.74) is 3.31. The van der Waals surface area contributed by atoms with Gasteiger partial charge in [-0.05, 0) is 55.7 Å². The monoisotopic (exact) mass is 438 g/mol. The van der Waals surface area contributed by atoms with Crippen LogP contribution in [0.3, 0.4) is 0 Å². The van der Waals surface area contributed by atoms with Gasteiger partial charge in [0.05, 0.1) is 11.3 Å². The molecular weight excluding hydrogens is 412 g/mol. The summed E-state index contributed by atoms with van der Waals surface area (Å²) in [6.07, 6.45) is 3.26. The molecular formula is C24H27ClN4O2. The second-order valence-corrected chi connectivity index (χ2v) is 9.01. The minimum absolute atomic E-state index is 0.0282. The normalized spacial score (nSPS) is 21.1. The lowest BCUT2D eigenvalue weighted by Crippen LogP contribution is -2.56. The van der Waals surface area contributed by atoms with E-state index in [1.165, 1.54) is 0 Å². The van der Waals surface area contributed by atoms with E-state index in [1.807, 2.05) is 53.2 Å². The molecule has 3 heterocycles. The Labute approximate surface area is 188 Å². The minimum atomic E-state index is 0.0282. The van der Waals surface area contributed by atoms with Gasteiger partial charge in [0, 0.05) is 56.0 Å². The smallest absolute Gasteiger partial charge is 0.257 e. The molecule has 3 aliphatic rings. The summed E-state index contributed by atoms with van der Waals surface area (Å²) < 4.78 is 0. The maximum absolute atomic E-state index is 13.2. The van der Waals surface area contributed by atoms with Gasteiger partial charge in [-0.2, -0.15) is 0 Å². The van der Waals surface area contributed by atoms with Crippen LogP contribution >= 0.6 is 11.6 Å². The third-order valence-corrected chi connectivity index (χ3v) is 7.01. The molecule has 3 aliphatic heterocycles. The molecule has 2 aromatic rings. The molecule has 0 aromatic heterocycles. The second-order valence-electron chi connectivity index (χ2n) is 8.58. The average molecular weight is 439 g/mol. The number of benzene rings is 2. The number of carbonyl (C=O) groups is 2. The van der Waals surface area contributed by atoms with E-state index < -0.39 is 0 Å². The van der Waals surface area contributed by atoms with E-state index in [9.17, 15) is 9.59 Å². The van der Waals surface area contributed by atoms with Crippen LogP contribution < -0.4 is 9.80 Å². The molecule has 0 saturated carbocycles. The number of amides is 2. The van der Waals surface area contributed by atoms with Crippen LogP contribution in [0.5, 0.6) is 0 Å². The van der Waals surface area contributed by atoms with Crippen molar-refractivity contribution in [1.82, 2.24) is 9.80 Å². The van der Waals surface area contributed by atoms with Crippen molar-refractivity contribution in [3.8, 4) is 0 Å². The van der Waals surface area contributed by atoms with Crippen LogP contribution in [0.15, 0.2) is 42.5 Å². The van der Waals surface area contributed by atoms with Crippen molar-refractivity contribution < 1.29 is 9.59 Å². The molecule has 0 bridgehead atoms. The highest BCUT2D eigenvalue weighted by molar-refractivity contribution is 6.30. The number of halogens is 1. The number of hydrogen-bond acceptors (Lipinski definition) is 4. The van der Waals surface area contributed by atoms with Crippen molar-refractivity contribution in [2.24, 2.45) is 0 Å². The van der Waals surface area contributed by atoms with Crippen molar-refractivity contribution in [2.45, 2.75) is 25.4 Å². The molecule has 2 saturated heterocycles. The highest BCUT2D eigenvalue weighted by Gasteiger charge is 2.37. The predicted octanol–water partition coefficient (Wildman–Crippen LogP) is 3.70. The maximum Gasteiger partial charge on any atom is 0.257 e. The Morgan fingerprint density at radius 2 is 1.81 bits per heavy atom. The highest BCUT2D eigenvalue weighted by atomic mass is 35.5. The van der Waals surface area contributed by atoms with Gasteiger partial charge in [-0.15, -0.1) is 0 Å². The van der Waals surface area contributed by atoms with E-state index in [4.69, 9.17) is 11.6 Å². The lowest BCUT2D eigenvalue weighted by atomic mass is 9.97. The molecule has 2 aromatic carbocycles. The summed E-state index contributed by atoms with van der Waals surface area (Å²) in [5, 5.41) is 0.722. The van der Waals surface area contributed by atoms with E-state index in [1.54, 1.807) is 6.07 Å². The van der Waals surface area contributed by atoms with Crippen LogP contribution in [-0.4, -0.2) is 67.6 Å². The average Bonchev–Trinajstić information content (AvgIpc) is 2.82. The van der Waals surface area contributed by atoms with Gasteiger partial charge < -0.3 is 19.6 Å². The molecule has 0 N–H and O–H groups in total. The quantitative estimate of drug-likeness (QED) is 0.717. The number of nitrogens with zero attached hydrogens (tertiary/aromatic N) is 4. The fourth-order valence-corrected chi connectivity index (χ4v) is 5.21. The molecule has 1 unspecified atom stereocenters. The first-order valence-corrected chi connectivity index (χ1v) is 11.4. The minimum Gasteiger partial charge on any atom is -0.368 e. The Morgan fingerprint density at radius 3 is 2.58 bits per heavy atom. The molecule has 2 amide bonds. The summed E-state index contributed by atoms with van der Waals surface area (Å²) in [5.74, 6) is 0.118. The van der Waals surface area contributed by atoms with Gasteiger partial charge in [-0.25, -0.2) is 0 Å². The van der Waals surface area contributed by atoms with Crippen LogP contribution in [0.25, 0.3) is 0 Å². The zero-order chi connectivity index (χ0) is 21.5. The first kappa shape index (κ1) is 20.2. The number of hydrogen-bond donors (Lipinski definition) is 0. The molecule has 0 radical (unpaired) electrons. The first-order valence-electron chi connectivity index (χ1n) is 11.0. The summed E-state index contributed by atoms with van der Waals surface area (Å²) in [4.78, 5) is 34.5. The summed E-state index contributed by atoms with van der Waals surface area (Å²) >= 11 is 6.12. The van der Waals surface area contributed by atoms with Crippen LogP contribution in [-0.2, 0) is 0 Å². The van der Waals surface area contributed by atoms with Crippen LogP contribution in [0.1, 0.15) is 40.0 Å². The second kappa shape index (κ2) is 8.08. The number of anilines is 2. The van der Waals surface area contributed by atoms with Gasteiger partial charge in [0.15, 0.2) is 0 Å². The van der Waals surface area contributed by atoms with E-state index >= 15 is 0 Å². The van der Waals surface area contributed by atoms with Gasteiger partial charge >= 0.3 is 0 Å². The van der Waals surface area contributed by atoms with Crippen LogP contribution in [0.2, 0.25) is 5.02 Å². The topological polar surface area (TPSA) is 47.1 Å². The number of rotatable bonds is 2. The predicted molar refractivity (Wildman–Crippen MR) is 123 cm³/mol. The highest BCUT2D eigenvalue weighted by Crippen LogP contribution is 2.35. The number of piperidine rings is 1.